The van der Waals surface area contributed by atoms with E-state index < -0.39 is 4.92 Å². The minimum absolute atomic E-state index is 0.0993. The van der Waals surface area contributed by atoms with Crippen LogP contribution in [-0.2, 0) is 6.54 Å². The van der Waals surface area contributed by atoms with Crippen LogP contribution in [0.2, 0.25) is 0 Å². The van der Waals surface area contributed by atoms with Crippen molar-refractivity contribution in [2.75, 3.05) is 0 Å². The molecule has 0 bridgehead atoms. The molecule has 72 valence electrons. The number of rotatable bonds is 2. The predicted molar refractivity (Wildman–Crippen MR) is 49.1 cm³/mol. The van der Waals surface area contributed by atoms with E-state index in [0.29, 0.717) is 6.54 Å². The highest BCUT2D eigenvalue weighted by molar-refractivity contribution is 6.04. The molecule has 1 aromatic rings. The molecule has 1 aromatic carbocycles. The van der Waals surface area contributed by atoms with Gasteiger partial charge in [0.05, 0.1) is 16.8 Å². The van der Waals surface area contributed by atoms with Gasteiger partial charge in [-0.25, -0.2) is 0 Å². The number of hydrogen-bond donors (Lipinski definition) is 2. The van der Waals surface area contributed by atoms with Gasteiger partial charge in [0.15, 0.2) is 0 Å². The van der Waals surface area contributed by atoms with Gasteiger partial charge in [-0.3, -0.25) is 14.8 Å². The van der Waals surface area contributed by atoms with Gasteiger partial charge in [-0.1, -0.05) is 12.1 Å². The number of halogens is 1. The minimum atomic E-state index is -0.430. The van der Waals surface area contributed by atoms with Crippen LogP contribution in [0, 0.1) is 10.1 Å². The van der Waals surface area contributed by atoms with E-state index in [1.165, 1.54) is 12.1 Å². The molecule has 0 aliphatic heterocycles. The zero-order chi connectivity index (χ0) is 10.3. The minimum Gasteiger partial charge on any atom is -0.326 e. The van der Waals surface area contributed by atoms with E-state index in [4.69, 9.17) is 10.4 Å². The van der Waals surface area contributed by atoms with Crippen molar-refractivity contribution >= 4 is 17.6 Å². The third-order valence-electron chi connectivity index (χ3n) is 1.38. The van der Waals surface area contributed by atoms with Crippen LogP contribution < -0.4 is 5.73 Å². The Kier molecular flexibility index (Phi) is 5.79. The Morgan fingerprint density at radius 2 is 1.85 bits per heavy atom. The lowest BCUT2D eigenvalue weighted by atomic mass is 10.2. The van der Waals surface area contributed by atoms with Gasteiger partial charge >= 0.3 is 0 Å². The van der Waals surface area contributed by atoms with Crippen LogP contribution >= 0.6 is 11.9 Å². The van der Waals surface area contributed by atoms with Crippen LogP contribution in [0.5, 0.6) is 0 Å². The zero-order valence-corrected chi connectivity index (χ0v) is 7.44. The number of nitrogens with two attached hydrogens (primary N) is 1. The van der Waals surface area contributed by atoms with E-state index >= 15 is 0 Å². The molecule has 0 amide bonds. The lowest BCUT2D eigenvalue weighted by Gasteiger charge is -1.93. The molecule has 0 fully saturated rings. The van der Waals surface area contributed by atoms with E-state index in [-0.39, 0.29) is 5.69 Å². The Morgan fingerprint density at radius 3 is 2.15 bits per heavy atom. The number of benzene rings is 1. The van der Waals surface area contributed by atoms with Gasteiger partial charge in [-0.05, 0) is 5.56 Å². The third kappa shape index (κ3) is 3.84. The number of nitrogens with zero attached hydrogens (tertiary/aromatic N) is 1. The molecule has 0 radical (unpaired) electrons. The number of nitro benzene ring substituents is 1. The van der Waals surface area contributed by atoms with E-state index in [1.54, 1.807) is 12.1 Å². The van der Waals surface area contributed by atoms with Crippen molar-refractivity contribution in [2.24, 2.45) is 5.73 Å². The maximum Gasteiger partial charge on any atom is 0.269 e. The van der Waals surface area contributed by atoms with Crippen molar-refractivity contribution in [2.45, 2.75) is 6.54 Å². The highest BCUT2D eigenvalue weighted by Crippen LogP contribution is 2.10. The van der Waals surface area contributed by atoms with Crippen LogP contribution in [0.15, 0.2) is 24.3 Å². The topological polar surface area (TPSA) is 89.4 Å². The summed E-state index contributed by atoms with van der Waals surface area (Å²) in [6.45, 7) is 0.415. The molecule has 0 saturated heterocycles. The molecule has 0 unspecified atom stereocenters. The van der Waals surface area contributed by atoms with Crippen LogP contribution in [0.4, 0.5) is 5.69 Å². The summed E-state index contributed by atoms with van der Waals surface area (Å²) in [6, 6.07) is 6.20. The Hall–Kier alpha value is -1.17. The van der Waals surface area contributed by atoms with Crippen LogP contribution in [0.1, 0.15) is 5.56 Å². The molecule has 0 saturated carbocycles. The first-order valence-corrected chi connectivity index (χ1v) is 3.68. The van der Waals surface area contributed by atoms with Crippen LogP contribution in [0.3, 0.4) is 0 Å². The molecule has 6 heteroatoms. The monoisotopic (exact) mass is 204 g/mol. The quantitative estimate of drug-likeness (QED) is 0.559. The lowest BCUT2D eigenvalue weighted by Crippen LogP contribution is -1.96. The number of nitro groups is 1. The summed E-state index contributed by atoms with van der Waals surface area (Å²) in [5.74, 6) is 0. The van der Waals surface area contributed by atoms with Gasteiger partial charge in [0.2, 0.25) is 0 Å². The predicted octanol–water partition coefficient (Wildman–Crippen LogP) is 1.19. The Balaban J connectivity index is 0.000000671. The molecule has 3 N–H and O–H groups in total. The molecular weight excluding hydrogens is 196 g/mol. The fourth-order valence-corrected chi connectivity index (χ4v) is 0.754. The lowest BCUT2D eigenvalue weighted by molar-refractivity contribution is -0.384. The second-order valence-corrected chi connectivity index (χ2v) is 2.13. The van der Waals surface area contributed by atoms with Gasteiger partial charge in [0.25, 0.3) is 5.69 Å². The molecule has 5 nitrogen and oxygen atoms in total. The van der Waals surface area contributed by atoms with Crippen molar-refractivity contribution in [3.8, 4) is 0 Å². The molecule has 0 spiro atoms. The summed E-state index contributed by atoms with van der Waals surface area (Å²) in [7, 11) is 0. The smallest absolute Gasteiger partial charge is 0.269 e. The standard InChI is InChI=1S/C7H8N2O2.ClHO/c8-5-6-1-3-7(4-2-6)9(10)11;1-2/h1-4H,5,8H2;2H. The first kappa shape index (κ1) is 11.8. The summed E-state index contributed by atoms with van der Waals surface area (Å²) in [5, 5.41) is 10.2. The van der Waals surface area contributed by atoms with Crippen molar-refractivity contribution in [1.29, 1.82) is 0 Å². The first-order chi connectivity index (χ1) is 6.24. The molecule has 0 atom stereocenters. The SMILES string of the molecule is NCc1ccc([N+](=O)[O-])cc1.OCl. The zero-order valence-electron chi connectivity index (χ0n) is 6.68. The summed E-state index contributed by atoms with van der Waals surface area (Å²) in [4.78, 5) is 9.74. The third-order valence-corrected chi connectivity index (χ3v) is 1.38. The molecule has 0 aliphatic carbocycles. The highest BCUT2D eigenvalue weighted by atomic mass is 35.5. The van der Waals surface area contributed by atoms with Gasteiger partial charge in [-0.15, -0.1) is 0 Å². The normalized spacial score (nSPS) is 8.54. The van der Waals surface area contributed by atoms with Crippen molar-refractivity contribution in [1.82, 2.24) is 0 Å². The second-order valence-electron chi connectivity index (χ2n) is 2.13. The Labute approximate surface area is 80.1 Å². The Morgan fingerprint density at radius 1 is 1.38 bits per heavy atom. The fourth-order valence-electron chi connectivity index (χ4n) is 0.754. The van der Waals surface area contributed by atoms with Crippen molar-refractivity contribution in [3.05, 3.63) is 39.9 Å². The van der Waals surface area contributed by atoms with Crippen LogP contribution in [0.25, 0.3) is 0 Å². The highest BCUT2D eigenvalue weighted by Gasteiger charge is 2.01. The molecule has 0 aliphatic rings. The van der Waals surface area contributed by atoms with E-state index in [9.17, 15) is 10.1 Å². The summed E-state index contributed by atoms with van der Waals surface area (Å²) in [5.41, 5.74) is 6.30. The van der Waals surface area contributed by atoms with Crippen LogP contribution in [-0.4, -0.2) is 9.58 Å². The van der Waals surface area contributed by atoms with E-state index in [0.717, 1.165) is 5.56 Å². The van der Waals surface area contributed by atoms with Gasteiger partial charge in [0, 0.05) is 18.7 Å². The maximum absolute atomic E-state index is 10.2. The van der Waals surface area contributed by atoms with Gasteiger partial charge < -0.3 is 5.73 Å². The van der Waals surface area contributed by atoms with Crippen molar-refractivity contribution in [3.63, 3.8) is 0 Å². The van der Waals surface area contributed by atoms with Gasteiger partial charge in [0.1, 0.15) is 0 Å². The molecule has 13 heavy (non-hydrogen) atoms. The number of hydrogen-bond acceptors (Lipinski definition) is 4. The molecular formula is C7H9ClN2O3. The van der Waals surface area contributed by atoms with E-state index in [2.05, 4.69) is 11.9 Å². The summed E-state index contributed by atoms with van der Waals surface area (Å²) >= 11 is 3.64. The molecule has 0 heterocycles. The average Bonchev–Trinajstić information content (AvgIpc) is 2.21. The first-order valence-electron chi connectivity index (χ1n) is 3.34. The molecule has 1 rings (SSSR count). The van der Waals surface area contributed by atoms with Crippen molar-refractivity contribution < 1.29 is 9.58 Å². The summed E-state index contributed by atoms with van der Waals surface area (Å²) < 4.78 is 6.47. The fraction of sp³-hybridized carbons (Fsp3) is 0.143. The second kappa shape index (κ2) is 6.36. The number of non-ortho nitro benzene ring substituents is 1. The van der Waals surface area contributed by atoms with Gasteiger partial charge in [-0.2, -0.15) is 0 Å². The Bertz CT molecular complexity index is 263. The summed E-state index contributed by atoms with van der Waals surface area (Å²) in [6.07, 6.45) is 0. The molecule has 0 aromatic heterocycles. The maximum atomic E-state index is 10.2. The largest absolute Gasteiger partial charge is 0.326 e. The average molecular weight is 205 g/mol. The van der Waals surface area contributed by atoms with E-state index in [1.807, 2.05) is 0 Å².